The minimum absolute atomic E-state index is 0.0340. The van der Waals surface area contributed by atoms with Gasteiger partial charge in [0.15, 0.2) is 0 Å². The summed E-state index contributed by atoms with van der Waals surface area (Å²) in [4.78, 5) is 28.4. The molecular weight excluding hydrogens is 427 g/mol. The number of hydrogen-bond donors (Lipinski definition) is 2. The molecule has 2 aromatic carbocycles. The lowest BCUT2D eigenvalue weighted by atomic mass is 10.2. The van der Waals surface area contributed by atoms with Crippen LogP contribution in [0.25, 0.3) is 0 Å². The highest BCUT2D eigenvalue weighted by Crippen LogP contribution is 2.25. The Morgan fingerprint density at radius 3 is 2.30 bits per heavy atom. The Bertz CT molecular complexity index is 886. The average Bonchev–Trinajstić information content (AvgIpc) is 2.71. The van der Waals surface area contributed by atoms with E-state index in [2.05, 4.69) is 15.5 Å². The average molecular weight is 451 g/mol. The van der Waals surface area contributed by atoms with Crippen molar-refractivity contribution in [2.75, 3.05) is 62.0 Å². The van der Waals surface area contributed by atoms with Crippen molar-refractivity contribution in [2.45, 2.75) is 0 Å². The lowest BCUT2D eigenvalue weighted by molar-refractivity contribution is -0.119. The molecule has 0 unspecified atom stereocenters. The minimum Gasteiger partial charge on any atom is -0.378 e. The predicted molar refractivity (Wildman–Crippen MR) is 121 cm³/mol. The fourth-order valence-corrected chi connectivity index (χ4v) is 3.44. The molecule has 0 aromatic heterocycles. The number of halogens is 2. The molecule has 7 nitrogen and oxygen atoms in total. The molecule has 2 amide bonds. The fraction of sp³-hybridized carbons (Fsp3) is 0.333. The Labute approximate surface area is 185 Å². The zero-order valence-electron chi connectivity index (χ0n) is 16.7. The third kappa shape index (κ3) is 6.60. The van der Waals surface area contributed by atoms with E-state index in [1.807, 2.05) is 24.3 Å². The van der Waals surface area contributed by atoms with Gasteiger partial charge in [-0.2, -0.15) is 0 Å². The Hall–Kier alpha value is -2.32. The number of nitrogens with zero attached hydrogens (tertiary/aromatic N) is 2. The number of carbonyl (C=O) groups is 2. The molecule has 0 spiro atoms. The molecule has 160 valence electrons. The topological polar surface area (TPSA) is 73.9 Å². The van der Waals surface area contributed by atoms with Crippen molar-refractivity contribution in [1.82, 2.24) is 4.90 Å². The van der Waals surface area contributed by atoms with Crippen molar-refractivity contribution in [3.8, 4) is 0 Å². The van der Waals surface area contributed by atoms with Crippen LogP contribution < -0.4 is 15.5 Å². The molecule has 0 saturated carbocycles. The van der Waals surface area contributed by atoms with Crippen LogP contribution >= 0.6 is 23.2 Å². The molecule has 1 saturated heterocycles. The Morgan fingerprint density at radius 1 is 1.00 bits per heavy atom. The smallest absolute Gasteiger partial charge is 0.238 e. The lowest BCUT2D eigenvalue weighted by Gasteiger charge is -2.28. The highest BCUT2D eigenvalue weighted by Gasteiger charge is 2.14. The minimum atomic E-state index is -0.288. The number of rotatable bonds is 7. The number of ether oxygens (including phenoxy) is 1. The third-order valence-electron chi connectivity index (χ3n) is 4.56. The van der Waals surface area contributed by atoms with Gasteiger partial charge in [-0.3, -0.25) is 14.5 Å². The van der Waals surface area contributed by atoms with Gasteiger partial charge in [0.25, 0.3) is 0 Å². The fourth-order valence-electron chi connectivity index (χ4n) is 3.11. The van der Waals surface area contributed by atoms with E-state index in [1.54, 1.807) is 30.1 Å². The SMILES string of the molecule is CN(CC(=O)Nc1ccc(N2CCOCC2)cc1)CC(=O)Nc1cc(Cl)ccc1Cl. The Morgan fingerprint density at radius 2 is 1.63 bits per heavy atom. The van der Waals surface area contributed by atoms with E-state index in [4.69, 9.17) is 27.9 Å². The van der Waals surface area contributed by atoms with Crippen molar-refractivity contribution in [3.63, 3.8) is 0 Å². The summed E-state index contributed by atoms with van der Waals surface area (Å²) < 4.78 is 5.36. The van der Waals surface area contributed by atoms with E-state index in [1.165, 1.54) is 0 Å². The van der Waals surface area contributed by atoms with Gasteiger partial charge in [-0.1, -0.05) is 23.2 Å². The maximum atomic E-state index is 12.3. The van der Waals surface area contributed by atoms with Crippen LogP contribution in [0, 0.1) is 0 Å². The van der Waals surface area contributed by atoms with E-state index < -0.39 is 0 Å². The molecule has 0 bridgehead atoms. The second kappa shape index (κ2) is 10.6. The van der Waals surface area contributed by atoms with Crippen molar-refractivity contribution in [1.29, 1.82) is 0 Å². The first kappa shape index (κ1) is 22.4. The van der Waals surface area contributed by atoms with Gasteiger partial charge in [-0.15, -0.1) is 0 Å². The van der Waals surface area contributed by atoms with Crippen molar-refractivity contribution >= 4 is 52.1 Å². The van der Waals surface area contributed by atoms with E-state index in [0.29, 0.717) is 21.4 Å². The number of benzene rings is 2. The summed E-state index contributed by atoms with van der Waals surface area (Å²) >= 11 is 12.0. The van der Waals surface area contributed by atoms with Crippen molar-refractivity contribution in [2.24, 2.45) is 0 Å². The molecule has 1 heterocycles. The highest BCUT2D eigenvalue weighted by atomic mass is 35.5. The van der Waals surface area contributed by atoms with Gasteiger partial charge in [0.2, 0.25) is 11.8 Å². The zero-order chi connectivity index (χ0) is 21.5. The van der Waals surface area contributed by atoms with Crippen LogP contribution in [0.15, 0.2) is 42.5 Å². The molecule has 1 aliphatic heterocycles. The number of nitrogens with one attached hydrogen (secondary N) is 2. The molecule has 0 radical (unpaired) electrons. The number of anilines is 3. The highest BCUT2D eigenvalue weighted by molar-refractivity contribution is 6.35. The standard InChI is InChI=1S/C21H24Cl2N4O3/c1-26(14-21(29)25-19-12-15(22)2-7-18(19)23)13-20(28)24-16-3-5-17(6-4-16)27-8-10-30-11-9-27/h2-7,12H,8-11,13-14H2,1H3,(H,24,28)(H,25,29). The quantitative estimate of drug-likeness (QED) is 0.676. The monoisotopic (exact) mass is 450 g/mol. The van der Waals surface area contributed by atoms with E-state index in [-0.39, 0.29) is 24.9 Å². The van der Waals surface area contributed by atoms with Gasteiger partial charge < -0.3 is 20.3 Å². The number of morpholine rings is 1. The molecule has 1 fully saturated rings. The third-order valence-corrected chi connectivity index (χ3v) is 5.12. The van der Waals surface area contributed by atoms with E-state index >= 15 is 0 Å². The van der Waals surface area contributed by atoms with Crippen LogP contribution in [-0.4, -0.2) is 63.2 Å². The van der Waals surface area contributed by atoms with Crippen LogP contribution in [0.2, 0.25) is 10.0 Å². The Kier molecular flexibility index (Phi) is 7.93. The summed E-state index contributed by atoms with van der Waals surface area (Å²) in [6, 6.07) is 12.5. The molecule has 9 heteroatoms. The molecule has 3 rings (SSSR count). The first-order chi connectivity index (χ1) is 14.4. The summed E-state index contributed by atoms with van der Waals surface area (Å²) in [5.74, 6) is -0.491. The van der Waals surface area contributed by atoms with Gasteiger partial charge in [-0.25, -0.2) is 0 Å². The summed E-state index contributed by atoms with van der Waals surface area (Å²) in [6.07, 6.45) is 0. The van der Waals surface area contributed by atoms with Gasteiger partial charge in [0.1, 0.15) is 0 Å². The van der Waals surface area contributed by atoms with Crippen LogP contribution in [0.3, 0.4) is 0 Å². The normalized spacial score (nSPS) is 13.9. The summed E-state index contributed by atoms with van der Waals surface area (Å²) in [5.41, 5.74) is 2.25. The first-order valence-corrected chi connectivity index (χ1v) is 10.3. The maximum absolute atomic E-state index is 12.3. The van der Waals surface area contributed by atoms with Crippen LogP contribution in [0.4, 0.5) is 17.1 Å². The van der Waals surface area contributed by atoms with Gasteiger partial charge >= 0.3 is 0 Å². The predicted octanol–water partition coefficient (Wildman–Crippen LogP) is 3.34. The summed E-state index contributed by atoms with van der Waals surface area (Å²) in [6.45, 7) is 3.27. The van der Waals surface area contributed by atoms with Gasteiger partial charge in [0, 0.05) is 29.5 Å². The number of hydrogen-bond acceptors (Lipinski definition) is 5. The maximum Gasteiger partial charge on any atom is 0.238 e. The molecule has 1 aliphatic rings. The van der Waals surface area contributed by atoms with E-state index in [9.17, 15) is 9.59 Å². The molecular formula is C21H24Cl2N4O3. The van der Waals surface area contributed by atoms with Gasteiger partial charge in [0.05, 0.1) is 37.0 Å². The number of amides is 2. The molecule has 0 atom stereocenters. The number of likely N-dealkylation sites (N-methyl/N-ethyl adjacent to an activating group) is 1. The van der Waals surface area contributed by atoms with E-state index in [0.717, 1.165) is 32.0 Å². The van der Waals surface area contributed by atoms with Crippen molar-refractivity contribution in [3.05, 3.63) is 52.5 Å². The Balaban J connectivity index is 1.45. The molecule has 2 aromatic rings. The molecule has 30 heavy (non-hydrogen) atoms. The largest absolute Gasteiger partial charge is 0.378 e. The second-order valence-corrected chi connectivity index (χ2v) is 7.88. The van der Waals surface area contributed by atoms with Crippen LogP contribution in [-0.2, 0) is 14.3 Å². The molecule has 2 N–H and O–H groups in total. The van der Waals surface area contributed by atoms with Crippen molar-refractivity contribution < 1.29 is 14.3 Å². The van der Waals surface area contributed by atoms with Gasteiger partial charge in [-0.05, 0) is 49.5 Å². The number of carbonyl (C=O) groups excluding carboxylic acids is 2. The van der Waals surface area contributed by atoms with Crippen LogP contribution in [0.1, 0.15) is 0 Å². The zero-order valence-corrected chi connectivity index (χ0v) is 18.2. The lowest BCUT2D eigenvalue weighted by Crippen LogP contribution is -2.36. The summed E-state index contributed by atoms with van der Waals surface area (Å²) in [5, 5.41) is 6.42. The molecule has 0 aliphatic carbocycles. The first-order valence-electron chi connectivity index (χ1n) is 9.57. The summed E-state index contributed by atoms with van der Waals surface area (Å²) in [7, 11) is 1.69. The van der Waals surface area contributed by atoms with Crippen LogP contribution in [0.5, 0.6) is 0 Å². The second-order valence-electron chi connectivity index (χ2n) is 7.04.